The van der Waals surface area contributed by atoms with E-state index in [0.717, 1.165) is 5.56 Å². The molecule has 2 aromatic carbocycles. The highest BCUT2D eigenvalue weighted by Gasteiger charge is 2.34. The number of ether oxygens (including phenoxy) is 2. The Hall–Kier alpha value is -4.37. The molecule has 3 aromatic rings. The van der Waals surface area contributed by atoms with E-state index in [1.54, 1.807) is 29.2 Å². The molecule has 0 fully saturated rings. The van der Waals surface area contributed by atoms with Crippen LogP contribution in [0, 0.1) is 11.3 Å². The second-order valence-electron chi connectivity index (χ2n) is 8.68. The first kappa shape index (κ1) is 26.7. The van der Waals surface area contributed by atoms with Gasteiger partial charge in [0.2, 0.25) is 0 Å². The molecule has 4 rings (SSSR count). The van der Waals surface area contributed by atoms with E-state index in [2.05, 4.69) is 15.2 Å². The SMILES string of the molecule is COc1ccc(C(=O)Nc2cnn3c2C(=O)N(c2ccc(CCOCC(F)(F)F)cc2)[C@@H](C)C3)cc1C#N. The van der Waals surface area contributed by atoms with Crippen LogP contribution in [0.15, 0.2) is 48.7 Å². The van der Waals surface area contributed by atoms with E-state index < -0.39 is 18.7 Å². The summed E-state index contributed by atoms with van der Waals surface area (Å²) < 4.78 is 48.0. The number of amides is 2. The van der Waals surface area contributed by atoms with Crippen molar-refractivity contribution in [2.75, 3.05) is 30.5 Å². The molecule has 38 heavy (non-hydrogen) atoms. The monoisotopic (exact) mass is 527 g/mol. The molecule has 0 spiro atoms. The summed E-state index contributed by atoms with van der Waals surface area (Å²) in [5.41, 5.74) is 2.21. The van der Waals surface area contributed by atoms with Crippen LogP contribution in [-0.4, -0.2) is 54.1 Å². The Labute approximate surface area is 216 Å². The van der Waals surface area contributed by atoms with Crippen molar-refractivity contribution in [2.24, 2.45) is 0 Å². The van der Waals surface area contributed by atoms with Gasteiger partial charge in [0, 0.05) is 11.3 Å². The molecule has 1 aliphatic heterocycles. The molecule has 0 saturated heterocycles. The first-order valence-corrected chi connectivity index (χ1v) is 11.6. The maximum absolute atomic E-state index is 13.5. The Kier molecular flexibility index (Phi) is 7.68. The van der Waals surface area contributed by atoms with E-state index in [4.69, 9.17) is 4.74 Å². The first-order chi connectivity index (χ1) is 18.1. The van der Waals surface area contributed by atoms with Gasteiger partial charge in [-0.2, -0.15) is 23.5 Å². The molecule has 1 aromatic heterocycles. The summed E-state index contributed by atoms with van der Waals surface area (Å²) in [6.07, 6.45) is -2.67. The molecule has 0 bridgehead atoms. The molecular formula is C26H24F3N5O4. The molecule has 0 unspecified atom stereocenters. The van der Waals surface area contributed by atoms with Crippen LogP contribution >= 0.6 is 0 Å². The van der Waals surface area contributed by atoms with Gasteiger partial charge >= 0.3 is 6.18 Å². The zero-order valence-corrected chi connectivity index (χ0v) is 20.6. The molecule has 0 saturated carbocycles. The number of hydrogen-bond donors (Lipinski definition) is 1. The van der Waals surface area contributed by atoms with Gasteiger partial charge in [0.1, 0.15) is 24.1 Å². The Morgan fingerprint density at radius 1 is 1.24 bits per heavy atom. The Morgan fingerprint density at radius 2 is 1.97 bits per heavy atom. The lowest BCUT2D eigenvalue weighted by atomic mass is 10.1. The van der Waals surface area contributed by atoms with Crippen LogP contribution in [-0.2, 0) is 17.7 Å². The number of nitrogens with zero attached hydrogens (tertiary/aromatic N) is 4. The predicted molar refractivity (Wildman–Crippen MR) is 131 cm³/mol. The highest BCUT2D eigenvalue weighted by Crippen LogP contribution is 2.30. The summed E-state index contributed by atoms with van der Waals surface area (Å²) in [5, 5.41) is 16.3. The molecule has 198 valence electrons. The lowest BCUT2D eigenvalue weighted by molar-refractivity contribution is -0.173. The van der Waals surface area contributed by atoms with Gasteiger partial charge in [-0.3, -0.25) is 14.3 Å². The van der Waals surface area contributed by atoms with E-state index in [0.29, 0.717) is 24.4 Å². The van der Waals surface area contributed by atoms with Crippen LogP contribution < -0.4 is 15.0 Å². The fraction of sp³-hybridized carbons (Fsp3) is 0.308. The molecule has 2 amide bonds. The van der Waals surface area contributed by atoms with Crippen LogP contribution in [0.25, 0.3) is 0 Å². The molecule has 1 atom stereocenters. The van der Waals surface area contributed by atoms with Crippen molar-refractivity contribution in [1.82, 2.24) is 9.78 Å². The zero-order valence-electron chi connectivity index (χ0n) is 20.6. The third-order valence-corrected chi connectivity index (χ3v) is 5.98. The number of alkyl halides is 3. The lowest BCUT2D eigenvalue weighted by Crippen LogP contribution is -2.47. The van der Waals surface area contributed by atoms with E-state index in [9.17, 15) is 28.0 Å². The standard InChI is InChI=1S/C26H24F3N5O4/c1-16-14-33-23(21(13-31-33)32-24(35)18-5-8-22(37-2)19(11-18)12-30)25(36)34(16)20-6-3-17(4-7-20)9-10-38-15-26(27,28)29/h3-8,11,13,16H,9-10,14-15H2,1-2H3,(H,32,35)/t16-/m0/s1. The van der Waals surface area contributed by atoms with E-state index in [1.165, 1.54) is 36.2 Å². The van der Waals surface area contributed by atoms with Crippen LogP contribution in [0.1, 0.15) is 38.9 Å². The van der Waals surface area contributed by atoms with Gasteiger partial charge in [-0.05, 0) is 49.2 Å². The Balaban J connectivity index is 1.49. The number of fused-ring (bicyclic) bond motifs is 1. The number of benzene rings is 2. The van der Waals surface area contributed by atoms with Gasteiger partial charge in [0.15, 0.2) is 0 Å². The quantitative estimate of drug-likeness (QED) is 0.440. The molecule has 0 aliphatic carbocycles. The topological polar surface area (TPSA) is 109 Å². The smallest absolute Gasteiger partial charge is 0.411 e. The molecule has 12 heteroatoms. The van der Waals surface area contributed by atoms with Crippen molar-refractivity contribution in [3.8, 4) is 11.8 Å². The van der Waals surface area contributed by atoms with Gasteiger partial charge < -0.3 is 19.7 Å². The van der Waals surface area contributed by atoms with E-state index in [-0.39, 0.29) is 41.1 Å². The maximum atomic E-state index is 13.5. The normalized spacial score (nSPS) is 15.1. The van der Waals surface area contributed by atoms with Crippen molar-refractivity contribution < 1.29 is 32.2 Å². The van der Waals surface area contributed by atoms with Crippen LogP contribution in [0.5, 0.6) is 5.75 Å². The van der Waals surface area contributed by atoms with Crippen molar-refractivity contribution in [1.29, 1.82) is 5.26 Å². The minimum Gasteiger partial charge on any atom is -0.495 e. The van der Waals surface area contributed by atoms with E-state index in [1.807, 2.05) is 13.0 Å². The van der Waals surface area contributed by atoms with Gasteiger partial charge in [-0.15, -0.1) is 0 Å². The minimum atomic E-state index is -4.37. The summed E-state index contributed by atoms with van der Waals surface area (Å²) >= 11 is 0. The number of nitriles is 1. The number of aromatic nitrogens is 2. The molecular weight excluding hydrogens is 503 g/mol. The highest BCUT2D eigenvalue weighted by atomic mass is 19.4. The molecule has 0 radical (unpaired) electrons. The predicted octanol–water partition coefficient (Wildman–Crippen LogP) is 4.19. The van der Waals surface area contributed by atoms with Gasteiger partial charge in [-0.1, -0.05) is 12.1 Å². The number of nitrogens with one attached hydrogen (secondary N) is 1. The van der Waals surface area contributed by atoms with Gasteiger partial charge in [-0.25, -0.2) is 0 Å². The van der Waals surface area contributed by atoms with Crippen LogP contribution in [0.4, 0.5) is 24.5 Å². The van der Waals surface area contributed by atoms with Crippen LogP contribution in [0.2, 0.25) is 0 Å². The number of rotatable bonds is 8. The number of carbonyl (C=O) groups is 2. The van der Waals surface area contributed by atoms with Crippen molar-refractivity contribution in [3.05, 3.63) is 71.0 Å². The van der Waals surface area contributed by atoms with Crippen molar-refractivity contribution >= 4 is 23.2 Å². The summed E-state index contributed by atoms with van der Waals surface area (Å²) in [4.78, 5) is 28.0. The van der Waals surface area contributed by atoms with Crippen molar-refractivity contribution in [3.63, 3.8) is 0 Å². The molecule has 1 N–H and O–H groups in total. The lowest BCUT2D eigenvalue weighted by Gasteiger charge is -2.34. The second-order valence-corrected chi connectivity index (χ2v) is 8.68. The number of halogens is 3. The summed E-state index contributed by atoms with van der Waals surface area (Å²) in [5.74, 6) is -0.549. The van der Waals surface area contributed by atoms with E-state index >= 15 is 0 Å². The molecule has 2 heterocycles. The second kappa shape index (κ2) is 10.9. The summed E-state index contributed by atoms with van der Waals surface area (Å²) in [6, 6.07) is 13.1. The fourth-order valence-corrected chi connectivity index (χ4v) is 4.19. The average Bonchev–Trinajstić information content (AvgIpc) is 3.28. The van der Waals surface area contributed by atoms with Crippen molar-refractivity contribution in [2.45, 2.75) is 32.1 Å². The molecule has 1 aliphatic rings. The highest BCUT2D eigenvalue weighted by molar-refractivity contribution is 6.13. The third-order valence-electron chi connectivity index (χ3n) is 5.98. The summed E-state index contributed by atoms with van der Waals surface area (Å²) in [7, 11) is 1.42. The van der Waals surface area contributed by atoms with Gasteiger partial charge in [0.25, 0.3) is 11.8 Å². The first-order valence-electron chi connectivity index (χ1n) is 11.6. The number of hydrogen-bond acceptors (Lipinski definition) is 6. The average molecular weight is 528 g/mol. The maximum Gasteiger partial charge on any atom is 0.411 e. The largest absolute Gasteiger partial charge is 0.495 e. The Bertz CT molecular complexity index is 1380. The number of methoxy groups -OCH3 is 1. The number of anilines is 2. The summed E-state index contributed by atoms with van der Waals surface area (Å²) in [6.45, 7) is 0.866. The van der Waals surface area contributed by atoms with Crippen LogP contribution in [0.3, 0.4) is 0 Å². The fourth-order valence-electron chi connectivity index (χ4n) is 4.19. The Morgan fingerprint density at radius 3 is 2.63 bits per heavy atom. The van der Waals surface area contributed by atoms with Gasteiger partial charge in [0.05, 0.1) is 43.8 Å². The zero-order chi connectivity index (χ0) is 27.4. The minimum absolute atomic E-state index is 0.0792. The third kappa shape index (κ3) is 5.78. The number of carbonyl (C=O) groups excluding carboxylic acids is 2. The molecule has 9 nitrogen and oxygen atoms in total.